The van der Waals surface area contributed by atoms with Crippen molar-refractivity contribution >= 4 is 21.8 Å². The van der Waals surface area contributed by atoms with Crippen LogP contribution in [0.15, 0.2) is 230 Å². The Morgan fingerprint density at radius 1 is 0.328 bits per heavy atom. The van der Waals surface area contributed by atoms with Crippen LogP contribution in [0.1, 0.15) is 5.48 Å². The lowest BCUT2D eigenvalue weighted by molar-refractivity contribution is 0.954. The van der Waals surface area contributed by atoms with E-state index in [2.05, 4.69) is 109 Å². The number of nitrogens with zero attached hydrogens (tertiary/aromatic N) is 4. The van der Waals surface area contributed by atoms with Crippen molar-refractivity contribution in [1.29, 1.82) is 0 Å². The maximum absolute atomic E-state index is 9.40. The van der Waals surface area contributed by atoms with Crippen molar-refractivity contribution in [3.63, 3.8) is 0 Å². The third kappa shape index (κ3) is 6.86. The maximum atomic E-state index is 9.40. The minimum Gasteiger partial charge on any atom is -0.277 e. The molecule has 0 saturated heterocycles. The predicted octanol–water partition coefficient (Wildman–Crippen LogP) is 14.6. The molecule has 0 bridgehead atoms. The molecule has 0 spiro atoms. The molecule has 0 N–H and O–H groups in total. The zero-order valence-electron chi connectivity index (χ0n) is 36.9. The van der Waals surface area contributed by atoms with Crippen LogP contribution in [0.4, 0.5) is 0 Å². The monoisotopic (exact) mass is 782 g/mol. The van der Waals surface area contributed by atoms with E-state index in [1.807, 2.05) is 102 Å². The summed E-state index contributed by atoms with van der Waals surface area (Å²) in [6.07, 6.45) is 0. The van der Waals surface area contributed by atoms with E-state index in [0.29, 0.717) is 27.9 Å². The molecule has 0 amide bonds. The van der Waals surface area contributed by atoms with Crippen molar-refractivity contribution in [3.05, 3.63) is 230 Å². The number of para-hydroxylation sites is 2. The first kappa shape index (κ1) is 31.7. The molecule has 9 aromatic carbocycles. The van der Waals surface area contributed by atoms with E-state index in [1.54, 1.807) is 0 Å². The van der Waals surface area contributed by atoms with Crippen LogP contribution in [0.2, 0.25) is 0 Å². The largest absolute Gasteiger partial charge is 0.277 e. The van der Waals surface area contributed by atoms with Gasteiger partial charge >= 0.3 is 0 Å². The van der Waals surface area contributed by atoms with Gasteiger partial charge in [-0.3, -0.25) is 4.57 Å². The van der Waals surface area contributed by atoms with Crippen molar-refractivity contribution in [2.45, 2.75) is 0 Å². The van der Waals surface area contributed by atoms with Crippen molar-refractivity contribution in [2.75, 3.05) is 0 Å². The Kier molecular flexibility index (Phi) is 8.07. The minimum atomic E-state index is -0.336. The summed E-state index contributed by atoms with van der Waals surface area (Å²) in [4.78, 5) is 15.5. The molecule has 0 aliphatic rings. The van der Waals surface area contributed by atoms with Gasteiger partial charge in [0.25, 0.3) is 0 Å². The zero-order chi connectivity index (χ0) is 44.0. The average molecular weight is 783 g/mol. The Balaban J connectivity index is 1.12. The molecule has 2 aromatic heterocycles. The lowest BCUT2D eigenvalue weighted by atomic mass is 9.97. The van der Waals surface area contributed by atoms with Crippen LogP contribution < -0.4 is 0 Å². The second-order valence-electron chi connectivity index (χ2n) is 15.0. The summed E-state index contributed by atoms with van der Waals surface area (Å²) < 4.78 is 38.1. The summed E-state index contributed by atoms with van der Waals surface area (Å²) in [7, 11) is 0. The summed E-state index contributed by atoms with van der Waals surface area (Å²) >= 11 is 0. The summed E-state index contributed by atoms with van der Waals surface area (Å²) in [6.45, 7) is 0. The van der Waals surface area contributed by atoms with E-state index >= 15 is 0 Å². The van der Waals surface area contributed by atoms with Crippen LogP contribution in [0.3, 0.4) is 0 Å². The Bertz CT molecular complexity index is 3540. The van der Waals surface area contributed by atoms with E-state index in [0.717, 1.165) is 61.2 Å². The van der Waals surface area contributed by atoms with Gasteiger partial charge in [0.05, 0.1) is 16.5 Å². The van der Waals surface area contributed by atoms with Crippen molar-refractivity contribution in [1.82, 2.24) is 19.5 Å². The van der Waals surface area contributed by atoms with Gasteiger partial charge in [-0.2, -0.15) is 9.97 Å². The molecular weight excluding hydrogens is 741 g/mol. The van der Waals surface area contributed by atoms with Gasteiger partial charge < -0.3 is 0 Å². The van der Waals surface area contributed by atoms with Gasteiger partial charge in [-0.1, -0.05) is 218 Å². The first-order valence-corrected chi connectivity index (χ1v) is 20.3. The summed E-state index contributed by atoms with van der Waals surface area (Å²) in [5.41, 5.74) is 12.9. The molecule has 61 heavy (non-hydrogen) atoms. The van der Waals surface area contributed by atoms with E-state index in [9.17, 15) is 2.74 Å². The van der Waals surface area contributed by atoms with Crippen LogP contribution in [0.25, 0.3) is 106 Å². The minimum absolute atomic E-state index is 0.127. The van der Waals surface area contributed by atoms with E-state index in [-0.39, 0.29) is 35.6 Å². The molecule has 0 atom stereocenters. The van der Waals surface area contributed by atoms with E-state index in [1.165, 1.54) is 5.56 Å². The zero-order valence-corrected chi connectivity index (χ0v) is 32.9. The molecule has 286 valence electrons. The normalized spacial score (nSPS) is 12.2. The van der Waals surface area contributed by atoms with Crippen molar-refractivity contribution in [3.8, 4) is 84.4 Å². The number of benzene rings is 9. The highest BCUT2D eigenvalue weighted by Crippen LogP contribution is 2.39. The number of aromatic nitrogens is 4. The first-order chi connectivity index (χ1) is 31.9. The molecule has 2 heterocycles. The summed E-state index contributed by atoms with van der Waals surface area (Å²) in [6, 6.07) is 68.8. The Morgan fingerprint density at radius 3 is 1.33 bits per heavy atom. The van der Waals surface area contributed by atoms with Crippen LogP contribution in [-0.4, -0.2) is 19.5 Å². The number of fused-ring (bicyclic) bond motifs is 3. The number of rotatable bonds is 8. The lowest BCUT2D eigenvalue weighted by Gasteiger charge is -2.14. The third-order valence-electron chi connectivity index (χ3n) is 11.2. The summed E-state index contributed by atoms with van der Waals surface area (Å²) in [5, 5.41) is 1.05. The molecule has 11 aromatic rings. The molecule has 0 aliphatic heterocycles. The van der Waals surface area contributed by atoms with Crippen molar-refractivity contribution < 1.29 is 5.48 Å². The predicted molar refractivity (Wildman–Crippen MR) is 252 cm³/mol. The van der Waals surface area contributed by atoms with Gasteiger partial charge in [0, 0.05) is 27.5 Å². The second kappa shape index (κ2) is 15.5. The van der Waals surface area contributed by atoms with Crippen LogP contribution in [-0.2, 0) is 0 Å². The second-order valence-corrected chi connectivity index (χ2v) is 15.0. The Hall–Kier alpha value is -8.21. The highest BCUT2D eigenvalue weighted by molar-refractivity contribution is 6.13. The van der Waals surface area contributed by atoms with Crippen LogP contribution in [0.5, 0.6) is 0 Å². The molecule has 0 aliphatic carbocycles. The number of hydrogen-bond acceptors (Lipinski definition) is 3. The van der Waals surface area contributed by atoms with Crippen LogP contribution in [0, 0.1) is 0 Å². The standard InChI is InChI=1S/C57H38N4/c1-4-14-39(15-5-1)42-26-28-44(29-27-42)45-30-34-46(35-31-45)50-23-13-24-52-51-22-10-11-25-53(51)61(54(50)52)57-59-55(47-36-32-43(33-37-47)40-16-6-2-7-17-40)58-56(60-57)49-21-12-20-48(38-49)41-18-8-3-9-19-41/h1-38H/i10D,11D,22D,25D. The molecule has 11 rings (SSSR count). The Morgan fingerprint density at radius 2 is 0.754 bits per heavy atom. The third-order valence-corrected chi connectivity index (χ3v) is 11.2. The summed E-state index contributed by atoms with van der Waals surface area (Å²) in [5.74, 6) is 1.08. The topological polar surface area (TPSA) is 43.6 Å². The lowest BCUT2D eigenvalue weighted by Crippen LogP contribution is -2.07. The van der Waals surface area contributed by atoms with Crippen molar-refractivity contribution in [2.24, 2.45) is 0 Å². The molecular formula is C57H38N4. The number of hydrogen-bond donors (Lipinski definition) is 0. The van der Waals surface area contributed by atoms with Crippen LogP contribution >= 0.6 is 0 Å². The van der Waals surface area contributed by atoms with Gasteiger partial charge in [-0.05, 0) is 62.2 Å². The van der Waals surface area contributed by atoms with E-state index in [4.69, 9.17) is 17.7 Å². The fourth-order valence-electron chi connectivity index (χ4n) is 8.16. The fourth-order valence-corrected chi connectivity index (χ4v) is 8.16. The van der Waals surface area contributed by atoms with Gasteiger partial charge in [0.2, 0.25) is 5.95 Å². The highest BCUT2D eigenvalue weighted by atomic mass is 15.2. The smallest absolute Gasteiger partial charge is 0.238 e. The average Bonchev–Trinajstić information content (AvgIpc) is 3.74. The maximum Gasteiger partial charge on any atom is 0.238 e. The van der Waals surface area contributed by atoms with Gasteiger partial charge in [-0.25, -0.2) is 4.98 Å². The highest BCUT2D eigenvalue weighted by Gasteiger charge is 2.21. The quantitative estimate of drug-likeness (QED) is 0.154. The van der Waals surface area contributed by atoms with Gasteiger partial charge in [0.15, 0.2) is 11.6 Å². The Labute approximate surface area is 360 Å². The molecule has 0 radical (unpaired) electrons. The SMILES string of the molecule is [2H]c1c([2H])c([2H])c2c(c1[2H])c1cccc(-c3ccc(-c4ccc(-c5ccccc5)cc4)cc3)c1n2-c1nc(-c2ccc(-c3ccccc3)cc2)nc(-c2cccc(-c3ccccc3)c2)n1. The molecule has 4 heteroatoms. The first-order valence-electron chi connectivity index (χ1n) is 22.3. The van der Waals surface area contributed by atoms with Gasteiger partial charge in [0.1, 0.15) is 0 Å². The molecule has 0 unspecified atom stereocenters. The fraction of sp³-hybridized carbons (Fsp3) is 0. The molecule has 4 nitrogen and oxygen atoms in total. The molecule has 0 fully saturated rings. The molecule has 0 saturated carbocycles. The van der Waals surface area contributed by atoms with Gasteiger partial charge in [-0.15, -0.1) is 0 Å². The van der Waals surface area contributed by atoms with E-state index < -0.39 is 0 Å².